The number of hydrogen-bond donors (Lipinski definition) is 2. The number of carbonyl (C=O) groups excluding carboxylic acids is 1. The molecule has 1 aromatic heterocycles. The van der Waals surface area contributed by atoms with Crippen molar-refractivity contribution in [1.29, 1.82) is 0 Å². The van der Waals surface area contributed by atoms with E-state index in [1.54, 1.807) is 14.2 Å². The van der Waals surface area contributed by atoms with Crippen molar-refractivity contribution >= 4 is 17.7 Å². The van der Waals surface area contributed by atoms with Gasteiger partial charge in [0.1, 0.15) is 11.5 Å². The lowest BCUT2D eigenvalue weighted by Gasteiger charge is -2.08. The number of thioether (sulfide) groups is 1. The lowest BCUT2D eigenvalue weighted by molar-refractivity contribution is -0.118. The molecule has 0 atom stereocenters. The molecule has 3 aromatic rings. The predicted octanol–water partition coefficient (Wildman–Crippen LogP) is 2.13. The number of aromatic nitrogens is 3. The normalized spacial score (nSPS) is 10.6. The quantitative estimate of drug-likeness (QED) is 0.409. The molecular weight excluding hydrogens is 390 g/mol. The van der Waals surface area contributed by atoms with E-state index in [1.807, 2.05) is 48.5 Å². The fourth-order valence-corrected chi connectivity index (χ4v) is 3.39. The summed E-state index contributed by atoms with van der Waals surface area (Å²) >= 11 is 1.23. The van der Waals surface area contributed by atoms with Crippen LogP contribution in [-0.2, 0) is 11.2 Å². The molecule has 0 fully saturated rings. The molecule has 0 unspecified atom stereocenters. The molecule has 0 aliphatic rings. The summed E-state index contributed by atoms with van der Waals surface area (Å²) in [5, 5.41) is 11.6. The first kappa shape index (κ1) is 20.5. The number of benzene rings is 2. The standard InChI is InChI=1S/C20H23N5O3S/c1-27-15-9-7-14(8-10-15)11-12-22-18(26)13-29-20-24-23-19(25(20)21)16-5-3-4-6-17(16)28-2/h3-10H,11-13,21H2,1-2H3,(H,22,26). The summed E-state index contributed by atoms with van der Waals surface area (Å²) in [6.07, 6.45) is 0.741. The number of ether oxygens (including phenoxy) is 2. The third-order valence-electron chi connectivity index (χ3n) is 4.24. The van der Waals surface area contributed by atoms with Crippen LogP contribution in [0.4, 0.5) is 0 Å². The van der Waals surface area contributed by atoms with Gasteiger partial charge in [0.15, 0.2) is 5.82 Å². The second-order valence-electron chi connectivity index (χ2n) is 6.11. The number of methoxy groups -OCH3 is 2. The molecule has 1 amide bonds. The largest absolute Gasteiger partial charge is 0.497 e. The number of hydrogen-bond acceptors (Lipinski definition) is 7. The smallest absolute Gasteiger partial charge is 0.230 e. The van der Waals surface area contributed by atoms with Crippen LogP contribution < -0.4 is 20.6 Å². The molecule has 2 aromatic carbocycles. The second-order valence-corrected chi connectivity index (χ2v) is 7.06. The van der Waals surface area contributed by atoms with E-state index >= 15 is 0 Å². The van der Waals surface area contributed by atoms with Gasteiger partial charge in [-0.2, -0.15) is 0 Å². The minimum absolute atomic E-state index is 0.0923. The first-order valence-electron chi connectivity index (χ1n) is 8.98. The number of amides is 1. The van der Waals surface area contributed by atoms with Crippen LogP contribution in [0.3, 0.4) is 0 Å². The molecule has 29 heavy (non-hydrogen) atoms. The van der Waals surface area contributed by atoms with Gasteiger partial charge in [0.05, 0.1) is 25.5 Å². The number of nitrogens with two attached hydrogens (primary N) is 1. The fourth-order valence-electron chi connectivity index (χ4n) is 2.71. The Balaban J connectivity index is 1.51. The van der Waals surface area contributed by atoms with Crippen LogP contribution in [0, 0.1) is 0 Å². The molecule has 0 saturated heterocycles. The van der Waals surface area contributed by atoms with Gasteiger partial charge in [-0.3, -0.25) is 4.79 Å². The van der Waals surface area contributed by atoms with Crippen LogP contribution in [0.25, 0.3) is 11.4 Å². The van der Waals surface area contributed by atoms with E-state index < -0.39 is 0 Å². The first-order valence-corrected chi connectivity index (χ1v) is 9.97. The van der Waals surface area contributed by atoms with Crippen molar-refractivity contribution in [2.24, 2.45) is 0 Å². The Bertz CT molecular complexity index is 959. The summed E-state index contributed by atoms with van der Waals surface area (Å²) in [6, 6.07) is 15.2. The molecule has 0 spiro atoms. The molecular formula is C20H23N5O3S. The molecule has 3 rings (SSSR count). The van der Waals surface area contributed by atoms with E-state index in [0.29, 0.717) is 23.3 Å². The zero-order chi connectivity index (χ0) is 20.6. The molecule has 0 bridgehead atoms. The highest BCUT2D eigenvalue weighted by Gasteiger charge is 2.16. The Labute approximate surface area is 173 Å². The van der Waals surface area contributed by atoms with Crippen molar-refractivity contribution in [2.45, 2.75) is 11.6 Å². The molecule has 0 aliphatic carbocycles. The molecule has 8 nitrogen and oxygen atoms in total. The predicted molar refractivity (Wildman–Crippen MR) is 113 cm³/mol. The number of rotatable bonds is 9. The van der Waals surface area contributed by atoms with Crippen LogP contribution in [0.15, 0.2) is 53.7 Å². The van der Waals surface area contributed by atoms with Crippen LogP contribution in [0.2, 0.25) is 0 Å². The summed E-state index contributed by atoms with van der Waals surface area (Å²) in [7, 11) is 3.22. The van der Waals surface area contributed by atoms with Gasteiger partial charge in [-0.25, -0.2) is 4.68 Å². The maximum Gasteiger partial charge on any atom is 0.230 e. The van der Waals surface area contributed by atoms with Crippen LogP contribution in [0.1, 0.15) is 5.56 Å². The Morgan fingerprint density at radius 3 is 2.59 bits per heavy atom. The topological polar surface area (TPSA) is 104 Å². The zero-order valence-electron chi connectivity index (χ0n) is 16.3. The summed E-state index contributed by atoms with van der Waals surface area (Å²) in [4.78, 5) is 12.1. The summed E-state index contributed by atoms with van der Waals surface area (Å²) in [6.45, 7) is 0.549. The molecule has 9 heteroatoms. The van der Waals surface area contributed by atoms with Crippen molar-refractivity contribution in [3.63, 3.8) is 0 Å². The monoisotopic (exact) mass is 413 g/mol. The Morgan fingerprint density at radius 2 is 1.86 bits per heavy atom. The van der Waals surface area contributed by atoms with E-state index in [9.17, 15) is 4.79 Å². The second kappa shape index (κ2) is 9.83. The third kappa shape index (κ3) is 5.20. The van der Waals surface area contributed by atoms with Gasteiger partial charge in [0.2, 0.25) is 11.1 Å². The first-order chi connectivity index (χ1) is 14.1. The van der Waals surface area contributed by atoms with Crippen molar-refractivity contribution in [2.75, 3.05) is 32.4 Å². The highest BCUT2D eigenvalue weighted by atomic mass is 32.2. The fraction of sp³-hybridized carbons (Fsp3) is 0.250. The van der Waals surface area contributed by atoms with Gasteiger partial charge >= 0.3 is 0 Å². The highest BCUT2D eigenvalue weighted by Crippen LogP contribution is 2.29. The maximum atomic E-state index is 12.1. The van der Waals surface area contributed by atoms with Crippen LogP contribution >= 0.6 is 11.8 Å². The number of carbonyl (C=O) groups is 1. The van der Waals surface area contributed by atoms with Gasteiger partial charge in [0, 0.05) is 6.54 Å². The van der Waals surface area contributed by atoms with Gasteiger partial charge in [-0.05, 0) is 36.2 Å². The molecule has 0 saturated carbocycles. The van der Waals surface area contributed by atoms with Crippen LogP contribution in [0.5, 0.6) is 11.5 Å². The molecule has 0 radical (unpaired) electrons. The van der Waals surface area contributed by atoms with Crippen molar-refractivity contribution in [1.82, 2.24) is 20.2 Å². The summed E-state index contributed by atoms with van der Waals surface area (Å²) < 4.78 is 11.8. The average molecular weight is 414 g/mol. The Morgan fingerprint density at radius 1 is 1.10 bits per heavy atom. The minimum Gasteiger partial charge on any atom is -0.497 e. The Kier molecular flexibility index (Phi) is 6.96. The van der Waals surface area contributed by atoms with E-state index in [1.165, 1.54) is 16.4 Å². The number of nitrogen functional groups attached to an aromatic ring is 1. The SMILES string of the molecule is COc1ccc(CCNC(=O)CSc2nnc(-c3ccccc3OC)n2N)cc1. The molecule has 1 heterocycles. The minimum atomic E-state index is -0.0923. The van der Waals surface area contributed by atoms with Crippen molar-refractivity contribution < 1.29 is 14.3 Å². The van der Waals surface area contributed by atoms with Gasteiger partial charge < -0.3 is 20.6 Å². The summed E-state index contributed by atoms with van der Waals surface area (Å²) in [5.41, 5.74) is 1.86. The van der Waals surface area contributed by atoms with E-state index in [2.05, 4.69) is 15.5 Å². The highest BCUT2D eigenvalue weighted by molar-refractivity contribution is 7.99. The van der Waals surface area contributed by atoms with Gasteiger partial charge in [-0.1, -0.05) is 36.0 Å². The lowest BCUT2D eigenvalue weighted by atomic mass is 10.1. The maximum absolute atomic E-state index is 12.1. The zero-order valence-corrected chi connectivity index (χ0v) is 17.1. The number of nitrogens with zero attached hydrogens (tertiary/aromatic N) is 3. The molecule has 0 aliphatic heterocycles. The van der Waals surface area contributed by atoms with Gasteiger partial charge in [-0.15, -0.1) is 10.2 Å². The molecule has 152 valence electrons. The van der Waals surface area contributed by atoms with E-state index in [-0.39, 0.29) is 11.7 Å². The van der Waals surface area contributed by atoms with Crippen LogP contribution in [-0.4, -0.2) is 47.3 Å². The average Bonchev–Trinajstić information content (AvgIpc) is 3.12. The number of nitrogens with one attached hydrogen (secondary N) is 1. The van der Waals surface area contributed by atoms with E-state index in [4.69, 9.17) is 15.3 Å². The summed E-state index contributed by atoms with van der Waals surface area (Å²) in [5.74, 6) is 8.17. The lowest BCUT2D eigenvalue weighted by Crippen LogP contribution is -2.27. The Hall–Kier alpha value is -3.20. The van der Waals surface area contributed by atoms with Crippen molar-refractivity contribution in [3.8, 4) is 22.9 Å². The third-order valence-corrected chi connectivity index (χ3v) is 5.18. The van der Waals surface area contributed by atoms with E-state index in [0.717, 1.165) is 23.3 Å². The van der Waals surface area contributed by atoms with Crippen molar-refractivity contribution in [3.05, 3.63) is 54.1 Å². The van der Waals surface area contributed by atoms with Gasteiger partial charge in [0.25, 0.3) is 0 Å². The number of para-hydroxylation sites is 1. The molecule has 3 N–H and O–H groups in total.